The molecule has 1 aliphatic rings. The predicted octanol–water partition coefficient (Wildman–Crippen LogP) is 2.41. The average Bonchev–Trinajstić information content (AvgIpc) is 2.65. The lowest BCUT2D eigenvalue weighted by atomic mass is 10.2. The van der Waals surface area contributed by atoms with E-state index in [1.54, 1.807) is 6.07 Å². The number of rotatable bonds is 2. The normalized spacial score (nSPS) is 17.2. The summed E-state index contributed by atoms with van der Waals surface area (Å²) in [6.45, 7) is 0.221. The lowest BCUT2D eigenvalue weighted by molar-refractivity contribution is -0.117. The summed E-state index contributed by atoms with van der Waals surface area (Å²) < 4.78 is 0. The molecule has 0 bridgehead atoms. The van der Waals surface area contributed by atoms with Gasteiger partial charge in [0.2, 0.25) is 5.91 Å². The molecule has 1 aliphatic heterocycles. The number of carbonyl (C=O) groups is 2. The highest BCUT2D eigenvalue weighted by Crippen LogP contribution is 2.34. The maximum Gasteiger partial charge on any atom is 0.405 e. The number of anilines is 3. The van der Waals surface area contributed by atoms with Gasteiger partial charge >= 0.3 is 6.09 Å². The molecule has 6 heteroatoms. The van der Waals surface area contributed by atoms with Crippen LogP contribution < -0.4 is 15.5 Å². The molecule has 2 amide bonds. The first-order valence-corrected chi connectivity index (χ1v) is 6.87. The monoisotopic (exact) mass is 297 g/mol. The molecule has 0 spiro atoms. The Balaban J connectivity index is 2.04. The minimum atomic E-state index is -1.22. The van der Waals surface area contributed by atoms with E-state index in [-0.39, 0.29) is 12.5 Å². The molecule has 0 fully saturated rings. The number of hydrogen-bond donors (Lipinski definition) is 3. The van der Waals surface area contributed by atoms with Crippen molar-refractivity contribution in [3.63, 3.8) is 0 Å². The third-order valence-electron chi connectivity index (χ3n) is 3.50. The number of nitrogens with one attached hydrogen (secondary N) is 2. The van der Waals surface area contributed by atoms with Crippen molar-refractivity contribution >= 4 is 29.1 Å². The van der Waals surface area contributed by atoms with E-state index in [0.717, 1.165) is 11.4 Å². The summed E-state index contributed by atoms with van der Waals surface area (Å²) in [5, 5.41) is 14.0. The van der Waals surface area contributed by atoms with Crippen molar-refractivity contribution in [1.82, 2.24) is 5.32 Å². The second-order valence-electron chi connectivity index (χ2n) is 4.95. The van der Waals surface area contributed by atoms with Crippen LogP contribution >= 0.6 is 0 Å². The zero-order valence-corrected chi connectivity index (χ0v) is 11.7. The SMILES string of the molecule is O=C(O)NC1CN(c2ccccc2)c2ccccc2NC1=O. The van der Waals surface area contributed by atoms with Gasteiger partial charge in [0.1, 0.15) is 6.04 Å². The standard InChI is InChI=1S/C16H15N3O3/c20-15-13(18-16(21)22)10-19(11-6-2-1-3-7-11)14-9-5-4-8-12(14)17-15/h1-9,13,18H,10H2,(H,17,20)(H,21,22). The number of hydrogen-bond acceptors (Lipinski definition) is 3. The summed E-state index contributed by atoms with van der Waals surface area (Å²) in [5.74, 6) is -0.367. The first-order chi connectivity index (χ1) is 10.6. The number of carbonyl (C=O) groups excluding carboxylic acids is 1. The molecule has 1 heterocycles. The highest BCUT2D eigenvalue weighted by atomic mass is 16.4. The lowest BCUT2D eigenvalue weighted by Gasteiger charge is -2.26. The van der Waals surface area contributed by atoms with Crippen LogP contribution in [-0.4, -0.2) is 29.7 Å². The molecule has 112 valence electrons. The Hall–Kier alpha value is -3.02. The first kappa shape index (κ1) is 13.9. The third kappa shape index (κ3) is 2.71. The number of benzene rings is 2. The largest absolute Gasteiger partial charge is 0.465 e. The number of nitrogens with zero attached hydrogens (tertiary/aromatic N) is 1. The molecule has 0 saturated carbocycles. The molecule has 0 saturated heterocycles. The number of carboxylic acid groups (broad SMARTS) is 1. The van der Waals surface area contributed by atoms with Crippen molar-refractivity contribution in [3.8, 4) is 0 Å². The molecule has 3 rings (SSSR count). The van der Waals surface area contributed by atoms with Gasteiger partial charge in [-0.05, 0) is 24.3 Å². The van der Waals surface area contributed by atoms with Gasteiger partial charge in [0, 0.05) is 5.69 Å². The lowest BCUT2D eigenvalue weighted by Crippen LogP contribution is -2.47. The summed E-state index contributed by atoms with van der Waals surface area (Å²) in [5.41, 5.74) is 2.38. The number of fused-ring (bicyclic) bond motifs is 1. The van der Waals surface area contributed by atoms with E-state index < -0.39 is 12.1 Å². The van der Waals surface area contributed by atoms with Crippen LogP contribution in [0.1, 0.15) is 0 Å². The van der Waals surface area contributed by atoms with E-state index in [4.69, 9.17) is 5.11 Å². The van der Waals surface area contributed by atoms with Gasteiger partial charge in [-0.3, -0.25) is 4.79 Å². The predicted molar refractivity (Wildman–Crippen MR) is 83.5 cm³/mol. The van der Waals surface area contributed by atoms with Gasteiger partial charge in [-0.15, -0.1) is 0 Å². The zero-order valence-electron chi connectivity index (χ0n) is 11.7. The summed E-state index contributed by atoms with van der Waals surface area (Å²) in [6, 6.07) is 16.1. The maximum absolute atomic E-state index is 12.2. The fraction of sp³-hybridized carbons (Fsp3) is 0.125. The second kappa shape index (κ2) is 5.77. The fourth-order valence-electron chi connectivity index (χ4n) is 2.51. The van der Waals surface area contributed by atoms with Crippen LogP contribution in [0.15, 0.2) is 54.6 Å². The Morgan fingerprint density at radius 2 is 1.82 bits per heavy atom. The second-order valence-corrected chi connectivity index (χ2v) is 4.95. The van der Waals surface area contributed by atoms with Crippen LogP contribution in [0.5, 0.6) is 0 Å². The van der Waals surface area contributed by atoms with E-state index in [1.807, 2.05) is 53.4 Å². The smallest absolute Gasteiger partial charge is 0.405 e. The van der Waals surface area contributed by atoms with Gasteiger partial charge < -0.3 is 20.6 Å². The molecule has 3 N–H and O–H groups in total. The molecular weight excluding hydrogens is 282 g/mol. The van der Waals surface area contributed by atoms with Crippen molar-refractivity contribution < 1.29 is 14.7 Å². The Morgan fingerprint density at radius 3 is 2.55 bits per heavy atom. The molecule has 6 nitrogen and oxygen atoms in total. The first-order valence-electron chi connectivity index (χ1n) is 6.87. The average molecular weight is 297 g/mol. The quantitative estimate of drug-likeness (QED) is 0.795. The molecule has 22 heavy (non-hydrogen) atoms. The highest BCUT2D eigenvalue weighted by Gasteiger charge is 2.29. The minimum Gasteiger partial charge on any atom is -0.465 e. The van der Waals surface area contributed by atoms with Crippen LogP contribution in [0.4, 0.5) is 21.9 Å². The Labute approximate surface area is 127 Å². The highest BCUT2D eigenvalue weighted by molar-refractivity contribution is 6.01. The number of para-hydroxylation sites is 3. The summed E-state index contributed by atoms with van der Waals surface area (Å²) in [6.07, 6.45) is -1.22. The third-order valence-corrected chi connectivity index (χ3v) is 3.50. The molecule has 0 radical (unpaired) electrons. The summed E-state index contributed by atoms with van der Waals surface area (Å²) >= 11 is 0. The van der Waals surface area contributed by atoms with Gasteiger partial charge in [-0.2, -0.15) is 0 Å². The molecule has 2 aromatic carbocycles. The van der Waals surface area contributed by atoms with Crippen molar-refractivity contribution in [2.75, 3.05) is 16.8 Å². The Bertz CT molecular complexity index is 703. The van der Waals surface area contributed by atoms with Crippen LogP contribution in [0, 0.1) is 0 Å². The van der Waals surface area contributed by atoms with Crippen LogP contribution in [0.3, 0.4) is 0 Å². The van der Waals surface area contributed by atoms with Crippen LogP contribution in [-0.2, 0) is 4.79 Å². The van der Waals surface area contributed by atoms with E-state index in [0.29, 0.717) is 5.69 Å². The summed E-state index contributed by atoms with van der Waals surface area (Å²) in [7, 11) is 0. The van der Waals surface area contributed by atoms with E-state index in [2.05, 4.69) is 10.6 Å². The number of amides is 2. The zero-order chi connectivity index (χ0) is 15.5. The topological polar surface area (TPSA) is 81.7 Å². The van der Waals surface area contributed by atoms with Crippen LogP contribution in [0.2, 0.25) is 0 Å². The van der Waals surface area contributed by atoms with Gasteiger partial charge in [0.05, 0.1) is 17.9 Å². The van der Waals surface area contributed by atoms with Gasteiger partial charge in [-0.1, -0.05) is 30.3 Å². The maximum atomic E-state index is 12.2. The molecule has 1 unspecified atom stereocenters. The van der Waals surface area contributed by atoms with E-state index in [1.165, 1.54) is 0 Å². The van der Waals surface area contributed by atoms with E-state index in [9.17, 15) is 9.59 Å². The van der Waals surface area contributed by atoms with Gasteiger partial charge in [-0.25, -0.2) is 4.79 Å². The van der Waals surface area contributed by atoms with Gasteiger partial charge in [0.15, 0.2) is 0 Å². The molecular formula is C16H15N3O3. The van der Waals surface area contributed by atoms with Gasteiger partial charge in [0.25, 0.3) is 0 Å². The van der Waals surface area contributed by atoms with Crippen molar-refractivity contribution in [1.29, 1.82) is 0 Å². The van der Waals surface area contributed by atoms with Crippen molar-refractivity contribution in [2.45, 2.75) is 6.04 Å². The molecule has 0 aliphatic carbocycles. The Morgan fingerprint density at radius 1 is 1.14 bits per heavy atom. The Kier molecular flexibility index (Phi) is 3.65. The fourth-order valence-corrected chi connectivity index (χ4v) is 2.51. The molecule has 1 atom stereocenters. The van der Waals surface area contributed by atoms with Crippen molar-refractivity contribution in [2.24, 2.45) is 0 Å². The van der Waals surface area contributed by atoms with E-state index >= 15 is 0 Å². The summed E-state index contributed by atoms with van der Waals surface area (Å²) in [4.78, 5) is 25.1. The minimum absolute atomic E-state index is 0.221. The van der Waals surface area contributed by atoms with Crippen LogP contribution in [0.25, 0.3) is 0 Å². The van der Waals surface area contributed by atoms with Crippen molar-refractivity contribution in [3.05, 3.63) is 54.6 Å². The molecule has 2 aromatic rings. The molecule has 0 aromatic heterocycles.